The topological polar surface area (TPSA) is 75.2 Å². The number of aryl methyl sites for hydroxylation is 1. The first-order valence-corrected chi connectivity index (χ1v) is 10.4. The van der Waals surface area contributed by atoms with Crippen LogP contribution in [0.25, 0.3) is 0 Å². The zero-order chi connectivity index (χ0) is 18.9. The summed E-state index contributed by atoms with van der Waals surface area (Å²) in [5, 5.41) is 8.27. The molecule has 0 amide bonds. The van der Waals surface area contributed by atoms with Crippen molar-refractivity contribution in [3.05, 3.63) is 71.8 Å². The van der Waals surface area contributed by atoms with Gasteiger partial charge in [0.1, 0.15) is 0 Å². The fraction of sp³-hybridized carbons (Fsp3) is 0.200. The molecule has 0 bridgehead atoms. The molecule has 1 aliphatic heterocycles. The molecule has 0 saturated carbocycles. The average Bonchev–Trinajstić information content (AvgIpc) is 3.12. The minimum absolute atomic E-state index is 0.200. The monoisotopic (exact) mass is 380 g/mol. The lowest BCUT2D eigenvalue weighted by Gasteiger charge is -2.17. The number of nitrogens with one attached hydrogen (secondary N) is 1. The van der Waals surface area contributed by atoms with Gasteiger partial charge in [0, 0.05) is 12.2 Å². The molecule has 7 heteroatoms. The summed E-state index contributed by atoms with van der Waals surface area (Å²) in [7, 11) is -3.68. The molecular formula is C20H20N4O2S. The second-order valence-electron chi connectivity index (χ2n) is 6.41. The zero-order valence-electron chi connectivity index (χ0n) is 15.0. The number of anilines is 3. The summed E-state index contributed by atoms with van der Waals surface area (Å²) in [4.78, 5) is 2.29. The maximum absolute atomic E-state index is 12.5. The number of sulfonamides is 1. The zero-order valence-corrected chi connectivity index (χ0v) is 15.8. The van der Waals surface area contributed by atoms with Gasteiger partial charge in [0.05, 0.1) is 4.90 Å². The van der Waals surface area contributed by atoms with Crippen molar-refractivity contribution in [1.82, 2.24) is 10.2 Å². The molecule has 6 nitrogen and oxygen atoms in total. The van der Waals surface area contributed by atoms with E-state index in [1.165, 1.54) is 5.56 Å². The minimum atomic E-state index is -3.68. The number of fused-ring (bicyclic) bond motifs is 1. The third-order valence-corrected chi connectivity index (χ3v) is 6.07. The van der Waals surface area contributed by atoms with E-state index in [9.17, 15) is 8.42 Å². The molecule has 0 unspecified atom stereocenters. The van der Waals surface area contributed by atoms with E-state index in [1.807, 2.05) is 31.2 Å². The Hall–Kier alpha value is -2.93. The predicted octanol–water partition coefficient (Wildman–Crippen LogP) is 3.53. The molecule has 0 fully saturated rings. The van der Waals surface area contributed by atoms with Crippen LogP contribution < -0.4 is 9.62 Å². The van der Waals surface area contributed by atoms with Crippen LogP contribution >= 0.6 is 0 Å². The van der Waals surface area contributed by atoms with Gasteiger partial charge in [-0.25, -0.2) is 8.42 Å². The van der Waals surface area contributed by atoms with Crippen LogP contribution in [-0.2, 0) is 22.9 Å². The number of para-hydroxylation sites is 1. The lowest BCUT2D eigenvalue weighted by Crippen LogP contribution is -2.17. The van der Waals surface area contributed by atoms with Gasteiger partial charge in [-0.15, -0.1) is 10.2 Å². The van der Waals surface area contributed by atoms with Crippen LogP contribution in [0.2, 0.25) is 0 Å². The van der Waals surface area contributed by atoms with E-state index in [-0.39, 0.29) is 10.7 Å². The summed E-state index contributed by atoms with van der Waals surface area (Å²) in [6, 6.07) is 18.4. The molecule has 3 aromatic rings. The Kier molecular flexibility index (Phi) is 4.53. The summed E-state index contributed by atoms with van der Waals surface area (Å²) in [5.74, 6) is 0.904. The third-order valence-electron chi connectivity index (χ3n) is 4.70. The maximum atomic E-state index is 12.5. The lowest BCUT2D eigenvalue weighted by atomic mass is 10.2. The molecule has 2 aromatic carbocycles. The second-order valence-corrected chi connectivity index (χ2v) is 8.09. The molecule has 1 N–H and O–H groups in total. The summed E-state index contributed by atoms with van der Waals surface area (Å²) in [6.07, 6.45) is 1.82. The molecule has 0 aliphatic carbocycles. The SMILES string of the molecule is CCc1ccc(S(=O)(=O)Nc2ccc(N3CCc4ccccc43)nn2)cc1. The van der Waals surface area contributed by atoms with Crippen LogP contribution in [0, 0.1) is 0 Å². The fourth-order valence-electron chi connectivity index (χ4n) is 3.20. The standard InChI is InChI=1S/C20H20N4O2S/c1-2-15-7-9-17(10-8-15)27(25,26)23-19-11-12-20(22-21-19)24-14-13-16-5-3-4-6-18(16)24/h3-12H,2,13-14H2,1H3,(H,21,23). The highest BCUT2D eigenvalue weighted by atomic mass is 32.2. The highest BCUT2D eigenvalue weighted by Gasteiger charge is 2.21. The van der Waals surface area contributed by atoms with Gasteiger partial charge >= 0.3 is 0 Å². The largest absolute Gasteiger partial charge is 0.324 e. The third kappa shape index (κ3) is 3.50. The van der Waals surface area contributed by atoms with E-state index in [2.05, 4.69) is 32.0 Å². The van der Waals surface area contributed by atoms with Gasteiger partial charge in [0.15, 0.2) is 11.6 Å². The molecule has 0 atom stereocenters. The smallest absolute Gasteiger partial charge is 0.263 e. The van der Waals surface area contributed by atoms with E-state index in [0.29, 0.717) is 5.82 Å². The second kappa shape index (κ2) is 7.00. The maximum Gasteiger partial charge on any atom is 0.263 e. The van der Waals surface area contributed by atoms with Crippen molar-refractivity contribution in [3.63, 3.8) is 0 Å². The van der Waals surface area contributed by atoms with Crippen molar-refractivity contribution in [1.29, 1.82) is 0 Å². The van der Waals surface area contributed by atoms with Crippen molar-refractivity contribution in [3.8, 4) is 0 Å². The molecule has 1 aromatic heterocycles. The highest BCUT2D eigenvalue weighted by Crippen LogP contribution is 2.33. The van der Waals surface area contributed by atoms with Gasteiger partial charge < -0.3 is 4.90 Å². The fourth-order valence-corrected chi connectivity index (χ4v) is 4.20. The van der Waals surface area contributed by atoms with E-state index >= 15 is 0 Å². The Morgan fingerprint density at radius 2 is 1.78 bits per heavy atom. The molecule has 27 heavy (non-hydrogen) atoms. The Morgan fingerprint density at radius 3 is 2.48 bits per heavy atom. The summed E-state index contributed by atoms with van der Waals surface area (Å²) >= 11 is 0. The van der Waals surface area contributed by atoms with E-state index in [4.69, 9.17) is 0 Å². The highest BCUT2D eigenvalue weighted by molar-refractivity contribution is 7.92. The van der Waals surface area contributed by atoms with Crippen molar-refractivity contribution in [2.45, 2.75) is 24.7 Å². The van der Waals surface area contributed by atoms with E-state index in [0.717, 1.165) is 30.6 Å². The van der Waals surface area contributed by atoms with Crippen LogP contribution in [0.3, 0.4) is 0 Å². The minimum Gasteiger partial charge on any atom is -0.324 e. The molecule has 0 spiro atoms. The first-order chi connectivity index (χ1) is 13.1. The summed E-state index contributed by atoms with van der Waals surface area (Å²) < 4.78 is 27.5. The van der Waals surface area contributed by atoms with Gasteiger partial charge in [-0.05, 0) is 54.3 Å². The van der Waals surface area contributed by atoms with Crippen molar-refractivity contribution >= 4 is 27.3 Å². The number of benzene rings is 2. The summed E-state index contributed by atoms with van der Waals surface area (Å²) in [6.45, 7) is 2.86. The van der Waals surface area contributed by atoms with Crippen LogP contribution in [0.15, 0.2) is 65.6 Å². The van der Waals surface area contributed by atoms with Gasteiger partial charge in [0.25, 0.3) is 10.0 Å². The molecule has 138 valence electrons. The predicted molar refractivity (Wildman–Crippen MR) is 106 cm³/mol. The molecule has 0 saturated heterocycles. The Balaban J connectivity index is 1.52. The Bertz CT molecular complexity index is 1050. The molecule has 4 rings (SSSR count). The van der Waals surface area contributed by atoms with Crippen molar-refractivity contribution in [2.24, 2.45) is 0 Å². The van der Waals surface area contributed by atoms with Crippen LogP contribution in [0.1, 0.15) is 18.1 Å². The van der Waals surface area contributed by atoms with Gasteiger partial charge in [-0.2, -0.15) is 0 Å². The van der Waals surface area contributed by atoms with Crippen LogP contribution in [0.4, 0.5) is 17.3 Å². The number of rotatable bonds is 5. The first-order valence-electron chi connectivity index (χ1n) is 8.88. The quantitative estimate of drug-likeness (QED) is 0.733. The van der Waals surface area contributed by atoms with Crippen LogP contribution in [0.5, 0.6) is 0 Å². The Morgan fingerprint density at radius 1 is 1.00 bits per heavy atom. The number of nitrogens with zero attached hydrogens (tertiary/aromatic N) is 3. The molecular weight excluding hydrogens is 360 g/mol. The number of aromatic nitrogens is 2. The first kappa shape index (κ1) is 17.5. The molecule has 0 radical (unpaired) electrons. The number of hydrogen-bond acceptors (Lipinski definition) is 5. The number of hydrogen-bond donors (Lipinski definition) is 1. The van der Waals surface area contributed by atoms with Gasteiger partial charge in [-0.1, -0.05) is 37.3 Å². The van der Waals surface area contributed by atoms with E-state index < -0.39 is 10.0 Å². The molecule has 1 aliphatic rings. The van der Waals surface area contributed by atoms with E-state index in [1.54, 1.807) is 24.3 Å². The summed E-state index contributed by atoms with van der Waals surface area (Å²) in [5.41, 5.74) is 3.49. The lowest BCUT2D eigenvalue weighted by molar-refractivity contribution is 0.601. The molecule has 2 heterocycles. The average molecular weight is 380 g/mol. The van der Waals surface area contributed by atoms with Crippen LogP contribution in [-0.4, -0.2) is 25.2 Å². The van der Waals surface area contributed by atoms with Crippen molar-refractivity contribution < 1.29 is 8.42 Å². The van der Waals surface area contributed by atoms with Gasteiger partial charge in [0.2, 0.25) is 0 Å². The Labute approximate surface area is 158 Å². The van der Waals surface area contributed by atoms with Crippen molar-refractivity contribution in [2.75, 3.05) is 16.2 Å². The normalized spacial score (nSPS) is 13.4. The van der Waals surface area contributed by atoms with Gasteiger partial charge in [-0.3, -0.25) is 4.72 Å².